The number of anilines is 2. The second kappa shape index (κ2) is 4.26. The van der Waals surface area contributed by atoms with Gasteiger partial charge in [0, 0.05) is 39.1 Å². The number of hydrogen-bond donors (Lipinski definition) is 1. The summed E-state index contributed by atoms with van der Waals surface area (Å²) in [6, 6.07) is 4.00. The standard InChI is InChI=1S/C14H18N6/c1-9-11(8-19(4)17-9)13-14(15)20-7-10(18(2)3)5-6-12(20)16-13/h5-8H,15H2,1-4H3. The summed E-state index contributed by atoms with van der Waals surface area (Å²) in [7, 11) is 5.90. The molecule has 0 unspecified atom stereocenters. The van der Waals surface area contributed by atoms with Crippen molar-refractivity contribution in [2.24, 2.45) is 7.05 Å². The Bertz CT molecular complexity index is 780. The predicted molar refractivity (Wildman–Crippen MR) is 80.9 cm³/mol. The Morgan fingerprint density at radius 2 is 1.95 bits per heavy atom. The van der Waals surface area contributed by atoms with Crippen LogP contribution < -0.4 is 10.6 Å². The summed E-state index contributed by atoms with van der Waals surface area (Å²) >= 11 is 0. The third-order valence-electron chi connectivity index (χ3n) is 3.42. The smallest absolute Gasteiger partial charge is 0.139 e. The Morgan fingerprint density at radius 1 is 1.20 bits per heavy atom. The van der Waals surface area contributed by atoms with E-state index in [4.69, 9.17) is 5.73 Å². The van der Waals surface area contributed by atoms with Crippen molar-refractivity contribution in [1.82, 2.24) is 19.2 Å². The average molecular weight is 270 g/mol. The molecule has 0 amide bonds. The van der Waals surface area contributed by atoms with Gasteiger partial charge in [0.25, 0.3) is 0 Å². The first kappa shape index (κ1) is 12.5. The largest absolute Gasteiger partial charge is 0.383 e. The molecule has 20 heavy (non-hydrogen) atoms. The molecule has 0 aliphatic heterocycles. The molecule has 6 heteroatoms. The zero-order valence-electron chi connectivity index (χ0n) is 12.1. The number of nitrogen functional groups attached to an aromatic ring is 1. The van der Waals surface area contributed by atoms with Crippen molar-refractivity contribution in [3.05, 3.63) is 30.2 Å². The van der Waals surface area contributed by atoms with E-state index in [0.717, 1.165) is 28.3 Å². The van der Waals surface area contributed by atoms with E-state index >= 15 is 0 Å². The lowest BCUT2D eigenvalue weighted by atomic mass is 10.2. The second-order valence-corrected chi connectivity index (χ2v) is 5.16. The van der Waals surface area contributed by atoms with Crippen LogP contribution in [0.4, 0.5) is 11.5 Å². The van der Waals surface area contributed by atoms with Gasteiger partial charge < -0.3 is 10.6 Å². The van der Waals surface area contributed by atoms with Gasteiger partial charge in [-0.05, 0) is 19.1 Å². The SMILES string of the molecule is Cc1nn(C)cc1-c1nc2ccc(N(C)C)cn2c1N. The molecular weight excluding hydrogens is 252 g/mol. The molecule has 0 saturated carbocycles. The third kappa shape index (κ3) is 1.80. The highest BCUT2D eigenvalue weighted by Crippen LogP contribution is 2.29. The minimum Gasteiger partial charge on any atom is -0.383 e. The lowest BCUT2D eigenvalue weighted by Gasteiger charge is -2.12. The molecule has 0 saturated heterocycles. The molecule has 0 spiro atoms. The quantitative estimate of drug-likeness (QED) is 0.769. The van der Waals surface area contributed by atoms with E-state index in [1.165, 1.54) is 0 Å². The Morgan fingerprint density at radius 3 is 2.55 bits per heavy atom. The molecule has 3 heterocycles. The van der Waals surface area contributed by atoms with Gasteiger partial charge in [0.2, 0.25) is 0 Å². The number of rotatable bonds is 2. The molecule has 3 aromatic rings. The Balaban J connectivity index is 2.23. The van der Waals surface area contributed by atoms with Crippen molar-refractivity contribution in [2.75, 3.05) is 24.7 Å². The van der Waals surface area contributed by atoms with E-state index in [1.807, 2.05) is 61.9 Å². The molecule has 3 rings (SSSR count). The van der Waals surface area contributed by atoms with E-state index in [0.29, 0.717) is 5.82 Å². The summed E-state index contributed by atoms with van der Waals surface area (Å²) in [5, 5.41) is 4.35. The zero-order valence-corrected chi connectivity index (χ0v) is 12.1. The molecule has 0 atom stereocenters. The first-order valence-electron chi connectivity index (χ1n) is 6.43. The number of imidazole rings is 1. The van der Waals surface area contributed by atoms with E-state index in [-0.39, 0.29) is 0 Å². The number of fused-ring (bicyclic) bond motifs is 1. The number of pyridine rings is 1. The second-order valence-electron chi connectivity index (χ2n) is 5.16. The van der Waals surface area contributed by atoms with Crippen molar-refractivity contribution in [3.8, 4) is 11.3 Å². The van der Waals surface area contributed by atoms with Crippen molar-refractivity contribution in [3.63, 3.8) is 0 Å². The fourth-order valence-electron chi connectivity index (χ4n) is 2.35. The highest BCUT2D eigenvalue weighted by molar-refractivity contribution is 5.76. The maximum atomic E-state index is 6.26. The van der Waals surface area contributed by atoms with Crippen molar-refractivity contribution >= 4 is 17.2 Å². The number of hydrogen-bond acceptors (Lipinski definition) is 4. The van der Waals surface area contributed by atoms with Gasteiger partial charge in [-0.15, -0.1) is 0 Å². The summed E-state index contributed by atoms with van der Waals surface area (Å²) < 4.78 is 3.69. The van der Waals surface area contributed by atoms with Crippen LogP contribution >= 0.6 is 0 Å². The van der Waals surface area contributed by atoms with Crippen LogP contribution in [0, 0.1) is 6.92 Å². The summed E-state index contributed by atoms with van der Waals surface area (Å²) in [5.74, 6) is 0.639. The van der Waals surface area contributed by atoms with Gasteiger partial charge in [-0.1, -0.05) is 0 Å². The number of aromatic nitrogens is 4. The Labute approximate surface area is 117 Å². The van der Waals surface area contributed by atoms with Gasteiger partial charge >= 0.3 is 0 Å². The van der Waals surface area contributed by atoms with Crippen molar-refractivity contribution < 1.29 is 0 Å². The first-order chi connectivity index (χ1) is 9.47. The summed E-state index contributed by atoms with van der Waals surface area (Å²) in [5.41, 5.74) is 10.9. The maximum absolute atomic E-state index is 6.26. The van der Waals surface area contributed by atoms with Gasteiger partial charge in [0.15, 0.2) is 0 Å². The molecule has 3 aromatic heterocycles. The summed E-state index contributed by atoms with van der Waals surface area (Å²) in [6.07, 6.45) is 3.94. The topological polar surface area (TPSA) is 64.4 Å². The van der Waals surface area contributed by atoms with Crippen LogP contribution in [-0.4, -0.2) is 33.3 Å². The lowest BCUT2D eigenvalue weighted by molar-refractivity contribution is 0.756. The molecule has 104 valence electrons. The first-order valence-corrected chi connectivity index (χ1v) is 6.43. The number of nitrogens with zero attached hydrogens (tertiary/aromatic N) is 5. The Hall–Kier alpha value is -2.50. The predicted octanol–water partition coefficient (Wildman–Crippen LogP) is 1.69. The molecule has 0 radical (unpaired) electrons. The van der Waals surface area contributed by atoms with Gasteiger partial charge in [-0.25, -0.2) is 4.98 Å². The molecule has 0 aliphatic rings. The van der Waals surface area contributed by atoms with Crippen LogP contribution in [-0.2, 0) is 7.05 Å². The zero-order chi connectivity index (χ0) is 14.4. The molecular formula is C14H18N6. The van der Waals surface area contributed by atoms with Crippen molar-refractivity contribution in [2.45, 2.75) is 6.92 Å². The normalized spacial score (nSPS) is 11.2. The van der Waals surface area contributed by atoms with Crippen LogP contribution in [0.5, 0.6) is 0 Å². The molecule has 0 bridgehead atoms. The van der Waals surface area contributed by atoms with Crippen LogP contribution in [0.15, 0.2) is 24.5 Å². The Kier molecular flexibility index (Phi) is 2.67. The minimum absolute atomic E-state index is 0.639. The van der Waals surface area contributed by atoms with E-state index in [9.17, 15) is 0 Å². The molecule has 0 fully saturated rings. The van der Waals surface area contributed by atoms with E-state index < -0.39 is 0 Å². The van der Waals surface area contributed by atoms with Crippen LogP contribution in [0.2, 0.25) is 0 Å². The van der Waals surface area contributed by atoms with Gasteiger partial charge in [-0.3, -0.25) is 9.08 Å². The van der Waals surface area contributed by atoms with Gasteiger partial charge in [0.1, 0.15) is 17.2 Å². The van der Waals surface area contributed by atoms with Crippen LogP contribution in [0.1, 0.15) is 5.69 Å². The fraction of sp³-hybridized carbons (Fsp3) is 0.286. The summed E-state index contributed by atoms with van der Waals surface area (Å²) in [4.78, 5) is 6.66. The van der Waals surface area contributed by atoms with E-state index in [1.54, 1.807) is 4.68 Å². The monoisotopic (exact) mass is 270 g/mol. The number of nitrogens with two attached hydrogens (primary N) is 1. The average Bonchev–Trinajstić information content (AvgIpc) is 2.89. The maximum Gasteiger partial charge on any atom is 0.139 e. The molecule has 6 nitrogen and oxygen atoms in total. The summed E-state index contributed by atoms with van der Waals surface area (Å²) in [6.45, 7) is 1.96. The molecule has 2 N–H and O–H groups in total. The molecule has 0 aromatic carbocycles. The van der Waals surface area contributed by atoms with Crippen molar-refractivity contribution in [1.29, 1.82) is 0 Å². The highest BCUT2D eigenvalue weighted by Gasteiger charge is 2.16. The fourth-order valence-corrected chi connectivity index (χ4v) is 2.35. The van der Waals surface area contributed by atoms with Crippen LogP contribution in [0.3, 0.4) is 0 Å². The number of aryl methyl sites for hydroxylation is 2. The third-order valence-corrected chi connectivity index (χ3v) is 3.42. The minimum atomic E-state index is 0.639. The van der Waals surface area contributed by atoms with E-state index in [2.05, 4.69) is 10.1 Å². The van der Waals surface area contributed by atoms with Crippen LogP contribution in [0.25, 0.3) is 16.9 Å². The van der Waals surface area contributed by atoms with Gasteiger partial charge in [0.05, 0.1) is 11.4 Å². The lowest BCUT2D eigenvalue weighted by Crippen LogP contribution is -2.09. The highest BCUT2D eigenvalue weighted by atomic mass is 15.3. The molecule has 0 aliphatic carbocycles. The van der Waals surface area contributed by atoms with Gasteiger partial charge in [-0.2, -0.15) is 5.10 Å².